The van der Waals surface area contributed by atoms with E-state index < -0.39 is 0 Å². The Morgan fingerprint density at radius 1 is 1.47 bits per heavy atom. The molecule has 1 aromatic rings. The molecule has 3 N–H and O–H groups in total. The van der Waals surface area contributed by atoms with Gasteiger partial charge in [-0.25, -0.2) is 0 Å². The Morgan fingerprint density at radius 2 is 2.21 bits per heavy atom. The van der Waals surface area contributed by atoms with Crippen LogP contribution in [0.15, 0.2) is 24.3 Å². The first-order valence-corrected chi connectivity index (χ1v) is 6.78. The second-order valence-electron chi connectivity index (χ2n) is 6.18. The van der Waals surface area contributed by atoms with E-state index in [0.29, 0.717) is 11.1 Å². The first-order chi connectivity index (χ1) is 8.87. The second-order valence-corrected chi connectivity index (χ2v) is 6.18. The van der Waals surface area contributed by atoms with Crippen molar-refractivity contribution in [1.29, 1.82) is 0 Å². The average Bonchev–Trinajstić information content (AvgIpc) is 2.68. The Balaban J connectivity index is 1.97. The number of nitrogen functional groups attached to an aromatic ring is 1. The molecule has 2 rings (SSSR count). The summed E-state index contributed by atoms with van der Waals surface area (Å²) in [5, 5.41) is 2.93. The number of hydrogen-bond acceptors (Lipinski definition) is 3. The van der Waals surface area contributed by atoms with E-state index in [1.165, 1.54) is 0 Å². The molecule has 0 saturated carbocycles. The fourth-order valence-corrected chi connectivity index (χ4v) is 2.51. The molecule has 1 atom stereocenters. The molecule has 1 aromatic carbocycles. The first kappa shape index (κ1) is 13.9. The molecule has 0 spiro atoms. The van der Waals surface area contributed by atoms with Crippen LogP contribution in [0.2, 0.25) is 0 Å². The fraction of sp³-hybridized carbons (Fsp3) is 0.533. The van der Waals surface area contributed by atoms with Crippen molar-refractivity contribution in [2.75, 3.05) is 24.1 Å². The summed E-state index contributed by atoms with van der Waals surface area (Å²) in [6.07, 6.45) is 1.14. The van der Waals surface area contributed by atoms with E-state index in [1.807, 2.05) is 25.1 Å². The zero-order valence-corrected chi connectivity index (χ0v) is 11.9. The summed E-state index contributed by atoms with van der Waals surface area (Å²) >= 11 is 0. The van der Waals surface area contributed by atoms with E-state index in [2.05, 4.69) is 24.1 Å². The predicted octanol–water partition coefficient (Wildman–Crippen LogP) is 2.33. The molecular formula is C15H23N3O. The molecule has 1 aliphatic rings. The van der Waals surface area contributed by atoms with Gasteiger partial charge in [0.2, 0.25) is 5.91 Å². The third-order valence-electron chi connectivity index (χ3n) is 3.79. The summed E-state index contributed by atoms with van der Waals surface area (Å²) in [6, 6.07) is 7.17. The van der Waals surface area contributed by atoms with Crippen LogP contribution in [0, 0.1) is 5.41 Å². The highest BCUT2D eigenvalue weighted by Crippen LogP contribution is 2.30. The second kappa shape index (κ2) is 5.21. The van der Waals surface area contributed by atoms with Crippen LogP contribution in [-0.2, 0) is 4.79 Å². The molecule has 1 unspecified atom stereocenters. The number of hydrogen-bond donors (Lipinski definition) is 2. The van der Waals surface area contributed by atoms with Crippen LogP contribution in [0.1, 0.15) is 27.2 Å². The molecule has 1 aliphatic heterocycles. The minimum Gasteiger partial charge on any atom is -0.399 e. The molecule has 4 nitrogen and oxygen atoms in total. The zero-order chi connectivity index (χ0) is 14.0. The van der Waals surface area contributed by atoms with E-state index in [1.54, 1.807) is 6.07 Å². The molecule has 1 amide bonds. The Hall–Kier alpha value is -1.55. The van der Waals surface area contributed by atoms with Gasteiger partial charge < -0.3 is 11.1 Å². The van der Waals surface area contributed by atoms with E-state index in [-0.39, 0.29) is 11.9 Å². The lowest BCUT2D eigenvalue weighted by atomic mass is 9.93. The number of carbonyl (C=O) groups is 1. The number of nitrogens with zero attached hydrogens (tertiary/aromatic N) is 1. The van der Waals surface area contributed by atoms with Gasteiger partial charge in [0.15, 0.2) is 0 Å². The van der Waals surface area contributed by atoms with Gasteiger partial charge in [-0.05, 0) is 43.5 Å². The van der Waals surface area contributed by atoms with Crippen LogP contribution in [0.3, 0.4) is 0 Å². The summed E-state index contributed by atoms with van der Waals surface area (Å²) < 4.78 is 0. The molecule has 1 fully saturated rings. The van der Waals surface area contributed by atoms with Crippen LogP contribution in [-0.4, -0.2) is 29.9 Å². The van der Waals surface area contributed by atoms with Gasteiger partial charge in [0, 0.05) is 17.9 Å². The molecule has 1 saturated heterocycles. The fourth-order valence-electron chi connectivity index (χ4n) is 2.51. The van der Waals surface area contributed by atoms with Gasteiger partial charge in [-0.15, -0.1) is 0 Å². The number of nitrogens with one attached hydrogen (secondary N) is 1. The lowest BCUT2D eigenvalue weighted by Gasteiger charge is -2.25. The van der Waals surface area contributed by atoms with Crippen molar-refractivity contribution in [1.82, 2.24) is 4.90 Å². The van der Waals surface area contributed by atoms with E-state index in [0.717, 1.165) is 25.2 Å². The van der Waals surface area contributed by atoms with Gasteiger partial charge in [0.1, 0.15) is 0 Å². The number of rotatable bonds is 3. The number of carbonyl (C=O) groups excluding carboxylic acids is 1. The summed E-state index contributed by atoms with van der Waals surface area (Å²) in [5.41, 5.74) is 7.44. The lowest BCUT2D eigenvalue weighted by molar-refractivity contribution is -0.120. The van der Waals surface area contributed by atoms with Crippen LogP contribution in [0.25, 0.3) is 0 Å². The summed E-state index contributed by atoms with van der Waals surface area (Å²) in [4.78, 5) is 14.5. The number of benzene rings is 1. The van der Waals surface area contributed by atoms with Crippen molar-refractivity contribution in [3.05, 3.63) is 24.3 Å². The summed E-state index contributed by atoms with van der Waals surface area (Å²) in [5.74, 6) is 0.0308. The number of amides is 1. The minimum absolute atomic E-state index is 0.0308. The van der Waals surface area contributed by atoms with Gasteiger partial charge >= 0.3 is 0 Å². The number of anilines is 2. The highest BCUT2D eigenvalue weighted by atomic mass is 16.2. The van der Waals surface area contributed by atoms with Gasteiger partial charge in [-0.2, -0.15) is 0 Å². The van der Waals surface area contributed by atoms with Crippen LogP contribution < -0.4 is 11.1 Å². The molecule has 4 heteroatoms. The maximum Gasteiger partial charge on any atom is 0.241 e. The molecule has 1 heterocycles. The van der Waals surface area contributed by atoms with Crippen molar-refractivity contribution in [3.63, 3.8) is 0 Å². The maximum absolute atomic E-state index is 12.2. The van der Waals surface area contributed by atoms with Crippen LogP contribution in [0.4, 0.5) is 11.4 Å². The Labute approximate surface area is 115 Å². The topological polar surface area (TPSA) is 58.4 Å². The quantitative estimate of drug-likeness (QED) is 0.821. The van der Waals surface area contributed by atoms with E-state index in [4.69, 9.17) is 5.73 Å². The Morgan fingerprint density at radius 3 is 2.79 bits per heavy atom. The third-order valence-corrected chi connectivity index (χ3v) is 3.79. The predicted molar refractivity (Wildman–Crippen MR) is 78.9 cm³/mol. The Bertz CT molecular complexity index is 470. The normalized spacial score (nSPS) is 20.2. The average molecular weight is 261 g/mol. The molecule has 0 aromatic heterocycles. The number of nitrogens with two attached hydrogens (primary N) is 1. The Kier molecular flexibility index (Phi) is 3.80. The largest absolute Gasteiger partial charge is 0.399 e. The monoisotopic (exact) mass is 261 g/mol. The maximum atomic E-state index is 12.2. The minimum atomic E-state index is -0.108. The molecule has 104 valence electrons. The van der Waals surface area contributed by atoms with Crippen molar-refractivity contribution in [2.24, 2.45) is 5.41 Å². The third kappa shape index (κ3) is 3.47. The van der Waals surface area contributed by atoms with E-state index in [9.17, 15) is 4.79 Å². The highest BCUT2D eigenvalue weighted by molar-refractivity contribution is 5.94. The molecule has 0 aliphatic carbocycles. The van der Waals surface area contributed by atoms with Gasteiger partial charge in [-0.1, -0.05) is 19.9 Å². The van der Waals surface area contributed by atoms with E-state index >= 15 is 0 Å². The number of likely N-dealkylation sites (tertiary alicyclic amines) is 1. The molecule has 0 radical (unpaired) electrons. The van der Waals surface area contributed by atoms with Crippen molar-refractivity contribution in [3.8, 4) is 0 Å². The first-order valence-electron chi connectivity index (χ1n) is 6.78. The molecule has 0 bridgehead atoms. The van der Waals surface area contributed by atoms with Gasteiger partial charge in [-0.3, -0.25) is 9.69 Å². The van der Waals surface area contributed by atoms with Crippen molar-refractivity contribution in [2.45, 2.75) is 33.2 Å². The van der Waals surface area contributed by atoms with Crippen molar-refractivity contribution < 1.29 is 4.79 Å². The highest BCUT2D eigenvalue weighted by Gasteiger charge is 2.34. The summed E-state index contributed by atoms with van der Waals surface area (Å²) in [6.45, 7) is 8.41. The molecule has 19 heavy (non-hydrogen) atoms. The van der Waals surface area contributed by atoms with Crippen LogP contribution in [0.5, 0.6) is 0 Å². The van der Waals surface area contributed by atoms with Crippen molar-refractivity contribution >= 4 is 17.3 Å². The lowest BCUT2D eigenvalue weighted by Crippen LogP contribution is -2.41. The summed E-state index contributed by atoms with van der Waals surface area (Å²) in [7, 11) is 0. The molecular weight excluding hydrogens is 238 g/mol. The zero-order valence-electron chi connectivity index (χ0n) is 11.9. The standard InChI is InChI=1S/C15H23N3O/c1-11(18-8-7-15(2,3)10-18)14(19)17-13-6-4-5-12(16)9-13/h4-6,9,11H,7-8,10,16H2,1-3H3,(H,17,19). The van der Waals surface area contributed by atoms with Gasteiger partial charge in [0.25, 0.3) is 0 Å². The SMILES string of the molecule is CC(C(=O)Nc1cccc(N)c1)N1CCC(C)(C)C1. The van der Waals surface area contributed by atoms with Crippen LogP contribution >= 0.6 is 0 Å². The van der Waals surface area contributed by atoms with Gasteiger partial charge in [0.05, 0.1) is 6.04 Å². The smallest absolute Gasteiger partial charge is 0.241 e.